The predicted molar refractivity (Wildman–Crippen MR) is 49.2 cm³/mol. The molecular weight excluding hydrogens is 172 g/mol. The van der Waals surface area contributed by atoms with Crippen molar-refractivity contribution < 1.29 is 0 Å². The molecule has 0 atom stereocenters. The molecule has 5 heteroatoms. The van der Waals surface area contributed by atoms with Gasteiger partial charge in [0.05, 0.1) is 17.4 Å². The zero-order valence-corrected chi connectivity index (χ0v) is 7.35. The molecule has 2 aromatic rings. The SMILES string of the molecule is CNc1nsnc1-c1ccc[nH]1. The molecule has 2 rings (SSSR count). The number of hydrogen-bond donors (Lipinski definition) is 2. The van der Waals surface area contributed by atoms with E-state index in [4.69, 9.17) is 0 Å². The highest BCUT2D eigenvalue weighted by atomic mass is 32.1. The molecule has 0 fully saturated rings. The van der Waals surface area contributed by atoms with Crippen molar-refractivity contribution in [3.8, 4) is 11.4 Å². The molecule has 62 valence electrons. The van der Waals surface area contributed by atoms with Crippen molar-refractivity contribution in [2.45, 2.75) is 0 Å². The van der Waals surface area contributed by atoms with Gasteiger partial charge in [0, 0.05) is 13.2 Å². The van der Waals surface area contributed by atoms with Crippen LogP contribution in [0.2, 0.25) is 0 Å². The Labute approximate surface area is 74.0 Å². The van der Waals surface area contributed by atoms with E-state index >= 15 is 0 Å². The maximum Gasteiger partial charge on any atom is 0.169 e. The first-order valence-electron chi connectivity index (χ1n) is 3.56. The van der Waals surface area contributed by atoms with E-state index in [1.54, 1.807) is 0 Å². The van der Waals surface area contributed by atoms with E-state index in [9.17, 15) is 0 Å². The van der Waals surface area contributed by atoms with Crippen molar-refractivity contribution in [3.63, 3.8) is 0 Å². The molecule has 2 aromatic heterocycles. The van der Waals surface area contributed by atoms with Crippen molar-refractivity contribution in [2.24, 2.45) is 0 Å². The number of aromatic amines is 1. The maximum absolute atomic E-state index is 4.17. The third-order valence-electron chi connectivity index (χ3n) is 1.58. The number of anilines is 1. The first-order valence-corrected chi connectivity index (χ1v) is 4.29. The Morgan fingerprint density at radius 2 is 2.42 bits per heavy atom. The molecule has 0 aliphatic rings. The average Bonchev–Trinajstić information content (AvgIpc) is 2.74. The molecule has 0 unspecified atom stereocenters. The van der Waals surface area contributed by atoms with Crippen LogP contribution in [-0.4, -0.2) is 20.8 Å². The lowest BCUT2D eigenvalue weighted by atomic mass is 10.3. The topological polar surface area (TPSA) is 53.6 Å². The summed E-state index contributed by atoms with van der Waals surface area (Å²) in [4.78, 5) is 3.08. The summed E-state index contributed by atoms with van der Waals surface area (Å²) >= 11 is 1.21. The second kappa shape index (κ2) is 2.94. The number of rotatable bonds is 2. The summed E-state index contributed by atoms with van der Waals surface area (Å²) < 4.78 is 8.26. The van der Waals surface area contributed by atoms with Gasteiger partial charge >= 0.3 is 0 Å². The van der Waals surface area contributed by atoms with Crippen LogP contribution in [0.1, 0.15) is 0 Å². The first kappa shape index (κ1) is 7.30. The molecule has 2 heterocycles. The molecule has 0 bridgehead atoms. The molecule has 4 nitrogen and oxygen atoms in total. The molecule has 0 saturated carbocycles. The fourth-order valence-electron chi connectivity index (χ4n) is 1.01. The predicted octanol–water partition coefficient (Wildman–Crippen LogP) is 1.57. The number of H-pyrrole nitrogens is 1. The number of nitrogens with one attached hydrogen (secondary N) is 2. The van der Waals surface area contributed by atoms with Crippen LogP contribution in [0.15, 0.2) is 18.3 Å². The van der Waals surface area contributed by atoms with Crippen molar-refractivity contribution in [1.82, 2.24) is 13.7 Å². The molecule has 0 radical (unpaired) electrons. The minimum Gasteiger partial charge on any atom is -0.370 e. The highest BCUT2D eigenvalue weighted by Crippen LogP contribution is 2.23. The molecular formula is C7H8N4S. The summed E-state index contributed by atoms with van der Waals surface area (Å²) in [5.74, 6) is 0.822. The van der Waals surface area contributed by atoms with Gasteiger partial charge in [0.1, 0.15) is 5.69 Å². The second-order valence-electron chi connectivity index (χ2n) is 2.30. The number of aromatic nitrogens is 3. The number of nitrogens with zero attached hydrogens (tertiary/aromatic N) is 2. The van der Waals surface area contributed by atoms with Gasteiger partial charge in [0.15, 0.2) is 5.82 Å². The Morgan fingerprint density at radius 3 is 3.08 bits per heavy atom. The second-order valence-corrected chi connectivity index (χ2v) is 2.82. The van der Waals surface area contributed by atoms with Crippen LogP contribution in [0, 0.1) is 0 Å². The van der Waals surface area contributed by atoms with Gasteiger partial charge in [-0.05, 0) is 12.1 Å². The summed E-state index contributed by atoms with van der Waals surface area (Å²) in [6.07, 6.45) is 1.87. The van der Waals surface area contributed by atoms with Gasteiger partial charge in [-0.15, -0.1) is 0 Å². The van der Waals surface area contributed by atoms with Gasteiger partial charge < -0.3 is 10.3 Å². The van der Waals surface area contributed by atoms with Gasteiger partial charge in [0.2, 0.25) is 0 Å². The monoisotopic (exact) mass is 180 g/mol. The van der Waals surface area contributed by atoms with Crippen molar-refractivity contribution in [1.29, 1.82) is 0 Å². The summed E-state index contributed by atoms with van der Waals surface area (Å²) in [5.41, 5.74) is 1.88. The van der Waals surface area contributed by atoms with Gasteiger partial charge in [-0.1, -0.05) is 0 Å². The van der Waals surface area contributed by atoms with E-state index in [0.29, 0.717) is 0 Å². The third kappa shape index (κ3) is 1.08. The van der Waals surface area contributed by atoms with E-state index in [1.165, 1.54) is 11.7 Å². The molecule has 12 heavy (non-hydrogen) atoms. The fraction of sp³-hybridized carbons (Fsp3) is 0.143. The number of hydrogen-bond acceptors (Lipinski definition) is 4. The lowest BCUT2D eigenvalue weighted by molar-refractivity contribution is 1.34. The molecule has 0 saturated heterocycles. The molecule has 0 aliphatic heterocycles. The molecule has 0 spiro atoms. The van der Waals surface area contributed by atoms with E-state index < -0.39 is 0 Å². The Bertz CT molecular complexity index is 351. The Morgan fingerprint density at radius 1 is 1.50 bits per heavy atom. The Hall–Kier alpha value is -1.36. The highest BCUT2D eigenvalue weighted by molar-refractivity contribution is 6.99. The highest BCUT2D eigenvalue weighted by Gasteiger charge is 2.08. The lowest BCUT2D eigenvalue weighted by Gasteiger charge is -1.95. The van der Waals surface area contributed by atoms with Gasteiger partial charge in [-0.3, -0.25) is 0 Å². The van der Waals surface area contributed by atoms with Crippen LogP contribution in [-0.2, 0) is 0 Å². The van der Waals surface area contributed by atoms with E-state index in [-0.39, 0.29) is 0 Å². The van der Waals surface area contributed by atoms with Crippen molar-refractivity contribution in [2.75, 3.05) is 12.4 Å². The third-order valence-corrected chi connectivity index (χ3v) is 2.11. The maximum atomic E-state index is 4.17. The largest absolute Gasteiger partial charge is 0.370 e. The standard InChI is InChI=1S/C7H8N4S/c1-8-7-6(10-12-11-7)5-3-2-4-9-5/h2-4,9H,1H3,(H,8,11). The summed E-state index contributed by atoms with van der Waals surface area (Å²) in [5, 5.41) is 2.98. The summed E-state index contributed by atoms with van der Waals surface area (Å²) in [6.45, 7) is 0. The van der Waals surface area contributed by atoms with Gasteiger partial charge in [-0.25, -0.2) is 0 Å². The molecule has 0 aromatic carbocycles. The van der Waals surface area contributed by atoms with Crippen LogP contribution >= 0.6 is 11.7 Å². The quantitative estimate of drug-likeness (QED) is 0.737. The van der Waals surface area contributed by atoms with E-state index in [2.05, 4.69) is 19.0 Å². The smallest absolute Gasteiger partial charge is 0.169 e. The summed E-state index contributed by atoms with van der Waals surface area (Å²) in [6, 6.07) is 3.91. The fourth-order valence-corrected chi connectivity index (χ4v) is 1.57. The zero-order chi connectivity index (χ0) is 8.39. The van der Waals surface area contributed by atoms with Crippen LogP contribution in [0.4, 0.5) is 5.82 Å². The van der Waals surface area contributed by atoms with Gasteiger partial charge in [0.25, 0.3) is 0 Å². The van der Waals surface area contributed by atoms with E-state index in [0.717, 1.165) is 17.2 Å². The van der Waals surface area contributed by atoms with Gasteiger partial charge in [-0.2, -0.15) is 8.75 Å². The normalized spacial score (nSPS) is 10.1. The minimum absolute atomic E-state index is 0.822. The molecule has 0 aliphatic carbocycles. The van der Waals surface area contributed by atoms with Crippen LogP contribution in [0.25, 0.3) is 11.4 Å². The van der Waals surface area contributed by atoms with Crippen LogP contribution in [0.5, 0.6) is 0 Å². The van der Waals surface area contributed by atoms with Crippen molar-refractivity contribution >= 4 is 17.5 Å². The minimum atomic E-state index is 0.822. The Balaban J connectivity index is 2.46. The first-order chi connectivity index (χ1) is 5.92. The summed E-state index contributed by atoms with van der Waals surface area (Å²) in [7, 11) is 1.84. The zero-order valence-electron chi connectivity index (χ0n) is 6.53. The molecule has 0 amide bonds. The Kier molecular flexibility index (Phi) is 1.79. The molecule has 2 N–H and O–H groups in total. The van der Waals surface area contributed by atoms with Crippen molar-refractivity contribution in [3.05, 3.63) is 18.3 Å². The van der Waals surface area contributed by atoms with Crippen LogP contribution < -0.4 is 5.32 Å². The van der Waals surface area contributed by atoms with E-state index in [1.807, 2.05) is 25.4 Å². The van der Waals surface area contributed by atoms with Crippen LogP contribution in [0.3, 0.4) is 0 Å². The average molecular weight is 180 g/mol. The lowest BCUT2D eigenvalue weighted by Crippen LogP contribution is -1.90.